The molecule has 0 aliphatic rings. The zero-order chi connectivity index (χ0) is 26.9. The van der Waals surface area contributed by atoms with Crippen molar-refractivity contribution in [2.24, 2.45) is 5.92 Å². The van der Waals surface area contributed by atoms with Crippen LogP contribution in [0.15, 0.2) is 18.2 Å². The first-order valence-corrected chi connectivity index (χ1v) is 12.9. The molecule has 0 heterocycles. The molecular formula is C28H47N3O4. The summed E-state index contributed by atoms with van der Waals surface area (Å²) in [5, 5.41) is 5.80. The van der Waals surface area contributed by atoms with Crippen LogP contribution >= 0.6 is 0 Å². The summed E-state index contributed by atoms with van der Waals surface area (Å²) in [6.07, 6.45) is 1.82. The number of nitrogens with zero attached hydrogens (tertiary/aromatic N) is 1. The Morgan fingerprint density at radius 2 is 1.57 bits per heavy atom. The Morgan fingerprint density at radius 3 is 2.03 bits per heavy atom. The fraction of sp³-hybridized carbons (Fsp3) is 0.679. The second-order valence-corrected chi connectivity index (χ2v) is 10.8. The normalized spacial score (nSPS) is 14.1. The number of unbranched alkanes of at least 4 members (excludes halogenated alkanes) is 1. The predicted octanol–water partition coefficient (Wildman–Crippen LogP) is 5.44. The largest absolute Gasteiger partial charge is 0.444 e. The number of rotatable bonds is 11. The van der Waals surface area contributed by atoms with Gasteiger partial charge in [-0.1, -0.05) is 63.4 Å². The van der Waals surface area contributed by atoms with Crippen LogP contribution in [0.2, 0.25) is 0 Å². The summed E-state index contributed by atoms with van der Waals surface area (Å²) in [4.78, 5) is 41.9. The number of hydrogen-bond acceptors (Lipinski definition) is 4. The monoisotopic (exact) mass is 489 g/mol. The van der Waals surface area contributed by atoms with Gasteiger partial charge in [0.2, 0.25) is 11.8 Å². The molecule has 0 aliphatic heterocycles. The summed E-state index contributed by atoms with van der Waals surface area (Å²) in [6, 6.07) is 4.10. The summed E-state index contributed by atoms with van der Waals surface area (Å²) < 4.78 is 5.42. The van der Waals surface area contributed by atoms with Crippen molar-refractivity contribution in [3.05, 3.63) is 34.9 Å². The third kappa shape index (κ3) is 9.54. The molecule has 7 nitrogen and oxygen atoms in total. The first-order chi connectivity index (χ1) is 16.2. The maximum atomic E-state index is 14.1. The minimum Gasteiger partial charge on any atom is -0.444 e. The molecule has 1 rings (SSSR count). The van der Waals surface area contributed by atoms with Gasteiger partial charge >= 0.3 is 6.09 Å². The minimum absolute atomic E-state index is 0.204. The Labute approximate surface area is 212 Å². The number of amides is 3. The molecule has 2 N–H and O–H groups in total. The van der Waals surface area contributed by atoms with E-state index in [0.717, 1.165) is 29.5 Å². The van der Waals surface area contributed by atoms with Gasteiger partial charge in [0.05, 0.1) is 0 Å². The number of benzene rings is 1. The average Bonchev–Trinajstić information content (AvgIpc) is 2.72. The minimum atomic E-state index is -0.837. The highest BCUT2D eigenvalue weighted by atomic mass is 16.6. The lowest BCUT2D eigenvalue weighted by Gasteiger charge is -2.39. The summed E-state index contributed by atoms with van der Waals surface area (Å²) in [5.74, 6) is -0.712. The molecule has 1 aromatic carbocycles. The molecule has 0 spiro atoms. The molecule has 3 amide bonds. The first kappa shape index (κ1) is 30.5. The fourth-order valence-corrected chi connectivity index (χ4v) is 4.00. The average molecular weight is 490 g/mol. The number of aryl methyl sites for hydroxylation is 2. The van der Waals surface area contributed by atoms with Crippen LogP contribution in [0.5, 0.6) is 0 Å². The van der Waals surface area contributed by atoms with E-state index in [1.807, 2.05) is 59.7 Å². The summed E-state index contributed by atoms with van der Waals surface area (Å²) in [5.41, 5.74) is 2.13. The predicted molar refractivity (Wildman–Crippen MR) is 141 cm³/mol. The molecule has 3 atom stereocenters. The van der Waals surface area contributed by atoms with Crippen molar-refractivity contribution >= 4 is 17.9 Å². The van der Waals surface area contributed by atoms with Gasteiger partial charge in [0.15, 0.2) is 0 Å². The summed E-state index contributed by atoms with van der Waals surface area (Å²) in [7, 11) is 0. The molecule has 0 saturated heterocycles. The van der Waals surface area contributed by atoms with Gasteiger partial charge < -0.3 is 20.3 Å². The smallest absolute Gasteiger partial charge is 0.408 e. The van der Waals surface area contributed by atoms with Crippen LogP contribution in [0.1, 0.15) is 97.4 Å². The first-order valence-electron chi connectivity index (χ1n) is 12.9. The zero-order valence-corrected chi connectivity index (χ0v) is 23.5. The molecule has 0 aliphatic carbocycles. The second-order valence-electron chi connectivity index (χ2n) is 10.8. The standard InChI is InChI=1S/C28H47N3O4/c1-11-13-14-29-25(32)24(22-16-19(5)15-20(6)17-22)31(21(7)12-2)26(33)23(18(3)4)30-27(34)35-28(8,9)10/h15-18,21,23-24H,11-14H2,1-10H3,(H,29,32)(H,30,34). The van der Waals surface area contributed by atoms with Crippen molar-refractivity contribution in [3.63, 3.8) is 0 Å². The van der Waals surface area contributed by atoms with Crippen molar-refractivity contribution in [2.75, 3.05) is 6.54 Å². The van der Waals surface area contributed by atoms with Gasteiger partial charge in [-0.25, -0.2) is 4.79 Å². The van der Waals surface area contributed by atoms with Crippen LogP contribution in [0.25, 0.3) is 0 Å². The van der Waals surface area contributed by atoms with Crippen LogP contribution < -0.4 is 10.6 Å². The van der Waals surface area contributed by atoms with E-state index in [0.29, 0.717) is 13.0 Å². The lowest BCUT2D eigenvalue weighted by atomic mass is 9.95. The quantitative estimate of drug-likeness (QED) is 0.405. The van der Waals surface area contributed by atoms with E-state index >= 15 is 0 Å². The van der Waals surface area contributed by atoms with Crippen LogP contribution in [0.3, 0.4) is 0 Å². The number of alkyl carbamates (subject to hydrolysis) is 1. The summed E-state index contributed by atoms with van der Waals surface area (Å²) >= 11 is 0. The van der Waals surface area contributed by atoms with Gasteiger partial charge in [-0.2, -0.15) is 0 Å². The van der Waals surface area contributed by atoms with Gasteiger partial charge in [-0.3, -0.25) is 9.59 Å². The van der Waals surface area contributed by atoms with E-state index in [-0.39, 0.29) is 23.8 Å². The van der Waals surface area contributed by atoms with Crippen molar-refractivity contribution in [3.8, 4) is 0 Å². The number of ether oxygens (including phenoxy) is 1. The van der Waals surface area contributed by atoms with Gasteiger partial charge in [-0.15, -0.1) is 0 Å². The topological polar surface area (TPSA) is 87.7 Å². The highest BCUT2D eigenvalue weighted by molar-refractivity contribution is 5.92. The maximum absolute atomic E-state index is 14.1. The number of carbonyl (C=O) groups excluding carboxylic acids is 3. The molecule has 1 aromatic rings. The Morgan fingerprint density at radius 1 is 1.00 bits per heavy atom. The fourth-order valence-electron chi connectivity index (χ4n) is 4.00. The van der Waals surface area contributed by atoms with Crippen LogP contribution in [-0.4, -0.2) is 47.0 Å². The molecule has 7 heteroatoms. The third-order valence-corrected chi connectivity index (χ3v) is 5.84. The number of nitrogens with one attached hydrogen (secondary N) is 2. The van der Waals surface area contributed by atoms with E-state index in [1.54, 1.807) is 25.7 Å². The van der Waals surface area contributed by atoms with Crippen LogP contribution in [0.4, 0.5) is 4.79 Å². The van der Waals surface area contributed by atoms with E-state index in [9.17, 15) is 14.4 Å². The van der Waals surface area contributed by atoms with E-state index < -0.39 is 23.8 Å². The number of carbonyl (C=O) groups is 3. The Hall–Kier alpha value is -2.57. The van der Waals surface area contributed by atoms with Crippen molar-refractivity contribution < 1.29 is 19.1 Å². The Balaban J connectivity index is 3.52. The third-order valence-electron chi connectivity index (χ3n) is 5.84. The van der Waals surface area contributed by atoms with Crippen molar-refractivity contribution in [2.45, 2.75) is 112 Å². The molecule has 35 heavy (non-hydrogen) atoms. The van der Waals surface area contributed by atoms with E-state index in [1.165, 1.54) is 0 Å². The molecule has 3 unspecified atom stereocenters. The Kier molecular flexibility index (Phi) is 11.7. The number of hydrogen-bond donors (Lipinski definition) is 2. The Bertz CT molecular complexity index is 840. The SMILES string of the molecule is CCCCNC(=O)C(c1cc(C)cc(C)c1)N(C(=O)C(NC(=O)OC(C)(C)C)C(C)C)C(C)CC. The summed E-state index contributed by atoms with van der Waals surface area (Å²) in [6.45, 7) is 19.6. The molecule has 0 saturated carbocycles. The second kappa shape index (κ2) is 13.5. The lowest BCUT2D eigenvalue weighted by molar-refractivity contribution is -0.146. The molecular weight excluding hydrogens is 442 g/mol. The van der Waals surface area contributed by atoms with Crippen molar-refractivity contribution in [1.82, 2.24) is 15.5 Å². The molecule has 0 fully saturated rings. The van der Waals surface area contributed by atoms with Gasteiger partial charge in [0, 0.05) is 12.6 Å². The molecule has 0 bridgehead atoms. The molecule has 198 valence electrons. The van der Waals surface area contributed by atoms with Gasteiger partial charge in [0.25, 0.3) is 0 Å². The van der Waals surface area contributed by atoms with Crippen LogP contribution in [-0.2, 0) is 14.3 Å². The van der Waals surface area contributed by atoms with Gasteiger partial charge in [0.1, 0.15) is 17.7 Å². The lowest BCUT2D eigenvalue weighted by Crippen LogP contribution is -2.57. The van der Waals surface area contributed by atoms with Crippen LogP contribution in [0, 0.1) is 19.8 Å². The van der Waals surface area contributed by atoms with E-state index in [2.05, 4.69) is 17.6 Å². The highest BCUT2D eigenvalue weighted by Gasteiger charge is 2.39. The highest BCUT2D eigenvalue weighted by Crippen LogP contribution is 2.28. The van der Waals surface area contributed by atoms with Gasteiger partial charge in [-0.05, 0) is 65.9 Å². The van der Waals surface area contributed by atoms with E-state index in [4.69, 9.17) is 4.74 Å². The molecule has 0 radical (unpaired) electrons. The maximum Gasteiger partial charge on any atom is 0.408 e. The zero-order valence-electron chi connectivity index (χ0n) is 23.5. The molecule has 0 aromatic heterocycles. The van der Waals surface area contributed by atoms with Crippen molar-refractivity contribution in [1.29, 1.82) is 0 Å².